The van der Waals surface area contributed by atoms with Gasteiger partial charge in [-0.2, -0.15) is 13.2 Å². The molecular formula is C15H19F3N2S. The predicted molar refractivity (Wildman–Crippen MR) is 80.9 cm³/mol. The maximum absolute atomic E-state index is 12.8. The van der Waals surface area contributed by atoms with Crippen LogP contribution in [0.4, 0.5) is 13.2 Å². The van der Waals surface area contributed by atoms with E-state index in [1.807, 2.05) is 11.5 Å². The van der Waals surface area contributed by atoms with Crippen molar-refractivity contribution < 1.29 is 13.2 Å². The zero-order valence-corrected chi connectivity index (χ0v) is 13.1. The van der Waals surface area contributed by atoms with Crippen molar-refractivity contribution in [1.29, 1.82) is 0 Å². The van der Waals surface area contributed by atoms with E-state index in [-0.39, 0.29) is 6.04 Å². The van der Waals surface area contributed by atoms with Crippen molar-refractivity contribution in [3.05, 3.63) is 28.5 Å². The lowest BCUT2D eigenvalue weighted by Crippen LogP contribution is -2.09. The van der Waals surface area contributed by atoms with E-state index in [0.29, 0.717) is 16.2 Å². The summed E-state index contributed by atoms with van der Waals surface area (Å²) in [5, 5.41) is 0. The van der Waals surface area contributed by atoms with Crippen LogP contribution in [0.2, 0.25) is 0 Å². The Hall–Kier alpha value is -1.30. The van der Waals surface area contributed by atoms with Gasteiger partial charge in [0.15, 0.2) is 4.77 Å². The van der Waals surface area contributed by atoms with Crippen molar-refractivity contribution in [3.63, 3.8) is 0 Å². The summed E-state index contributed by atoms with van der Waals surface area (Å²) in [4.78, 5) is 2.89. The molecule has 1 heterocycles. The lowest BCUT2D eigenvalue weighted by atomic mass is 10.00. The third-order valence-electron chi connectivity index (χ3n) is 3.92. The molecule has 21 heavy (non-hydrogen) atoms. The smallest absolute Gasteiger partial charge is 0.331 e. The van der Waals surface area contributed by atoms with Crippen LogP contribution in [-0.4, -0.2) is 9.55 Å². The second kappa shape index (κ2) is 5.83. The lowest BCUT2D eigenvalue weighted by molar-refractivity contribution is -0.137. The molecule has 0 aliphatic carbocycles. The first kappa shape index (κ1) is 16.1. The number of aromatic amines is 1. The number of nitrogens with zero attached hydrogens (tertiary/aromatic N) is 1. The minimum absolute atomic E-state index is 0.151. The minimum atomic E-state index is -4.34. The third-order valence-corrected chi connectivity index (χ3v) is 4.22. The van der Waals surface area contributed by atoms with E-state index in [0.717, 1.165) is 30.5 Å². The second-order valence-electron chi connectivity index (χ2n) is 5.63. The van der Waals surface area contributed by atoms with E-state index in [1.165, 1.54) is 6.07 Å². The molecule has 0 bridgehead atoms. The average molecular weight is 316 g/mol. The largest absolute Gasteiger partial charge is 0.416 e. The quantitative estimate of drug-likeness (QED) is 0.716. The highest BCUT2D eigenvalue weighted by atomic mass is 32.1. The summed E-state index contributed by atoms with van der Waals surface area (Å²) in [7, 11) is 0. The van der Waals surface area contributed by atoms with Crippen LogP contribution in [0.5, 0.6) is 0 Å². The van der Waals surface area contributed by atoms with Gasteiger partial charge in [-0.25, -0.2) is 0 Å². The summed E-state index contributed by atoms with van der Waals surface area (Å²) in [5.41, 5.74) is 0.502. The Bertz CT molecular complexity index is 684. The van der Waals surface area contributed by atoms with E-state index in [1.54, 1.807) is 0 Å². The lowest BCUT2D eigenvalue weighted by Gasteiger charge is -2.18. The minimum Gasteiger partial charge on any atom is -0.331 e. The Balaban J connectivity index is 2.46. The molecule has 116 valence electrons. The first-order chi connectivity index (χ1) is 9.74. The van der Waals surface area contributed by atoms with Crippen molar-refractivity contribution in [2.75, 3.05) is 0 Å². The summed E-state index contributed by atoms with van der Waals surface area (Å²) in [5.74, 6) is 0.543. The molecule has 0 saturated carbocycles. The molecule has 0 saturated heterocycles. The fourth-order valence-corrected chi connectivity index (χ4v) is 2.99. The van der Waals surface area contributed by atoms with Crippen LogP contribution in [-0.2, 0) is 6.18 Å². The summed E-state index contributed by atoms with van der Waals surface area (Å²) < 4.78 is 40.6. The number of imidazole rings is 1. The van der Waals surface area contributed by atoms with Gasteiger partial charge in [0.1, 0.15) is 0 Å². The molecule has 1 N–H and O–H groups in total. The Kier molecular flexibility index (Phi) is 4.46. The van der Waals surface area contributed by atoms with Crippen LogP contribution in [0, 0.1) is 10.7 Å². The van der Waals surface area contributed by atoms with Gasteiger partial charge in [-0.1, -0.05) is 20.3 Å². The van der Waals surface area contributed by atoms with Crippen molar-refractivity contribution in [2.45, 2.75) is 45.8 Å². The summed E-state index contributed by atoms with van der Waals surface area (Å²) >= 11 is 5.28. The SMILES string of the molecule is CCC(C)CC(C)n1c(=S)[nH]c2cc(C(F)(F)F)ccc21. The van der Waals surface area contributed by atoms with E-state index in [4.69, 9.17) is 12.2 Å². The van der Waals surface area contributed by atoms with Crippen LogP contribution >= 0.6 is 12.2 Å². The summed E-state index contributed by atoms with van der Waals surface area (Å²) in [6.07, 6.45) is -2.33. The van der Waals surface area contributed by atoms with Gasteiger partial charge in [0.05, 0.1) is 16.6 Å². The fourth-order valence-electron chi connectivity index (χ4n) is 2.60. The van der Waals surface area contributed by atoms with Gasteiger partial charge in [-0.15, -0.1) is 0 Å². The van der Waals surface area contributed by atoms with Crippen LogP contribution in [0.25, 0.3) is 11.0 Å². The highest BCUT2D eigenvalue weighted by molar-refractivity contribution is 7.71. The number of halogens is 3. The Morgan fingerprint density at radius 3 is 2.52 bits per heavy atom. The predicted octanol–water partition coefficient (Wildman–Crippen LogP) is 5.71. The molecule has 2 unspecified atom stereocenters. The highest BCUT2D eigenvalue weighted by Gasteiger charge is 2.31. The molecule has 2 aromatic rings. The molecule has 1 aromatic carbocycles. The number of benzene rings is 1. The normalized spacial score (nSPS) is 15.3. The first-order valence-electron chi connectivity index (χ1n) is 7.05. The van der Waals surface area contributed by atoms with Crippen LogP contribution in [0.3, 0.4) is 0 Å². The molecule has 0 fully saturated rings. The number of aromatic nitrogens is 2. The standard InChI is InChI=1S/C15H19F3N2S/c1-4-9(2)7-10(3)20-13-6-5-11(15(16,17)18)8-12(13)19-14(20)21/h5-6,8-10H,4,7H2,1-3H3,(H,19,21). The maximum Gasteiger partial charge on any atom is 0.416 e. The summed E-state index contributed by atoms with van der Waals surface area (Å²) in [6.45, 7) is 6.34. The van der Waals surface area contributed by atoms with E-state index in [9.17, 15) is 13.2 Å². The van der Waals surface area contributed by atoms with Crippen LogP contribution in [0.1, 0.15) is 45.2 Å². The van der Waals surface area contributed by atoms with Crippen LogP contribution in [0.15, 0.2) is 18.2 Å². The second-order valence-corrected chi connectivity index (χ2v) is 6.01. The Morgan fingerprint density at radius 1 is 1.29 bits per heavy atom. The molecule has 0 spiro atoms. The maximum atomic E-state index is 12.8. The molecule has 1 aromatic heterocycles. The van der Waals surface area contributed by atoms with Gasteiger partial charge >= 0.3 is 6.18 Å². The van der Waals surface area contributed by atoms with Gasteiger partial charge in [-0.3, -0.25) is 0 Å². The summed E-state index contributed by atoms with van der Waals surface area (Å²) in [6, 6.07) is 3.88. The number of hydrogen-bond donors (Lipinski definition) is 1. The molecule has 0 radical (unpaired) electrons. The van der Waals surface area contributed by atoms with Gasteiger partial charge in [0, 0.05) is 6.04 Å². The molecule has 2 atom stereocenters. The van der Waals surface area contributed by atoms with E-state index in [2.05, 4.69) is 18.8 Å². The van der Waals surface area contributed by atoms with Crippen LogP contribution < -0.4 is 0 Å². The molecule has 6 heteroatoms. The van der Waals surface area contributed by atoms with Crippen molar-refractivity contribution in [2.24, 2.45) is 5.92 Å². The van der Waals surface area contributed by atoms with Crippen molar-refractivity contribution in [3.8, 4) is 0 Å². The molecule has 0 aliphatic rings. The van der Waals surface area contributed by atoms with Crippen molar-refractivity contribution >= 4 is 23.3 Å². The number of rotatable bonds is 4. The topological polar surface area (TPSA) is 20.7 Å². The molecular weight excluding hydrogens is 297 g/mol. The molecule has 0 aliphatic heterocycles. The number of nitrogens with one attached hydrogen (secondary N) is 1. The monoisotopic (exact) mass is 316 g/mol. The molecule has 0 amide bonds. The number of hydrogen-bond acceptors (Lipinski definition) is 1. The van der Waals surface area contributed by atoms with Gasteiger partial charge in [0.25, 0.3) is 0 Å². The number of H-pyrrole nitrogens is 1. The van der Waals surface area contributed by atoms with Gasteiger partial charge in [-0.05, 0) is 49.7 Å². The molecule has 2 rings (SSSR count). The zero-order chi connectivity index (χ0) is 15.8. The first-order valence-corrected chi connectivity index (χ1v) is 7.46. The molecule has 2 nitrogen and oxygen atoms in total. The third kappa shape index (κ3) is 3.31. The van der Waals surface area contributed by atoms with Gasteiger partial charge < -0.3 is 9.55 Å². The zero-order valence-electron chi connectivity index (χ0n) is 12.3. The van der Waals surface area contributed by atoms with E-state index < -0.39 is 11.7 Å². The Labute approximate surface area is 127 Å². The number of fused-ring (bicyclic) bond motifs is 1. The highest BCUT2D eigenvalue weighted by Crippen LogP contribution is 2.32. The Morgan fingerprint density at radius 2 is 1.95 bits per heavy atom. The number of alkyl halides is 3. The average Bonchev–Trinajstić information content (AvgIpc) is 2.72. The van der Waals surface area contributed by atoms with Gasteiger partial charge in [0.2, 0.25) is 0 Å². The fraction of sp³-hybridized carbons (Fsp3) is 0.533. The van der Waals surface area contributed by atoms with Crippen molar-refractivity contribution in [1.82, 2.24) is 9.55 Å². The van der Waals surface area contributed by atoms with E-state index >= 15 is 0 Å².